The number of hydrogen-bond acceptors (Lipinski definition) is 4. The third kappa shape index (κ3) is 7.34. The first-order valence-corrected chi connectivity index (χ1v) is 16.3. The van der Waals surface area contributed by atoms with Crippen molar-refractivity contribution in [2.75, 3.05) is 7.11 Å². The summed E-state index contributed by atoms with van der Waals surface area (Å²) in [5.74, 6) is 1.86. The van der Waals surface area contributed by atoms with Gasteiger partial charge in [0.25, 0.3) is 0 Å². The second-order valence-corrected chi connectivity index (χ2v) is 13.1. The lowest BCUT2D eigenvalue weighted by Gasteiger charge is -2.10. The molecule has 4 nitrogen and oxygen atoms in total. The van der Waals surface area contributed by atoms with E-state index in [0.29, 0.717) is 17.2 Å². The average Bonchev–Trinajstić information content (AvgIpc) is 3.08. The summed E-state index contributed by atoms with van der Waals surface area (Å²) in [6.07, 6.45) is 1.75. The van der Waals surface area contributed by atoms with E-state index in [-0.39, 0.29) is 9.79 Å². The Balaban J connectivity index is 1.04. The van der Waals surface area contributed by atoms with Crippen LogP contribution in [0.4, 0.5) is 0 Å². The molecule has 0 saturated heterocycles. The van der Waals surface area contributed by atoms with E-state index in [2.05, 4.69) is 91.9 Å². The zero-order valence-corrected chi connectivity index (χ0v) is 26.1. The van der Waals surface area contributed by atoms with Gasteiger partial charge in [0.15, 0.2) is 0 Å². The first-order chi connectivity index (χ1) is 21.9. The molecule has 5 heteroatoms. The maximum atomic E-state index is 13.0. The first kappa shape index (κ1) is 29.9. The normalized spacial score (nSPS) is 11.2. The lowest BCUT2D eigenvalue weighted by molar-refractivity contribution is 0.414. The molecule has 0 N–H and O–H groups in total. The highest BCUT2D eigenvalue weighted by atomic mass is 32.2. The van der Waals surface area contributed by atoms with Crippen molar-refractivity contribution >= 4 is 9.84 Å². The zero-order valence-electron chi connectivity index (χ0n) is 25.3. The third-order valence-electron chi connectivity index (χ3n) is 7.84. The quantitative estimate of drug-likeness (QED) is 0.155. The molecule has 0 aliphatic rings. The summed E-state index contributed by atoms with van der Waals surface area (Å²) in [5.41, 5.74) is 8.74. The van der Waals surface area contributed by atoms with Crippen molar-refractivity contribution in [2.24, 2.45) is 0 Å². The van der Waals surface area contributed by atoms with Crippen LogP contribution in [0, 0.1) is 6.92 Å². The van der Waals surface area contributed by atoms with Gasteiger partial charge in [-0.2, -0.15) is 0 Å². The van der Waals surface area contributed by atoms with Crippen LogP contribution in [0.1, 0.15) is 27.8 Å². The van der Waals surface area contributed by atoms with Gasteiger partial charge < -0.3 is 9.47 Å². The van der Waals surface area contributed by atoms with Crippen molar-refractivity contribution < 1.29 is 17.9 Å². The molecule has 0 aliphatic carbocycles. The minimum Gasteiger partial charge on any atom is -0.497 e. The molecule has 0 bridgehead atoms. The Bertz CT molecular complexity index is 1960. The molecule has 0 fully saturated rings. The summed E-state index contributed by atoms with van der Waals surface area (Å²) < 4.78 is 37.1. The summed E-state index contributed by atoms with van der Waals surface area (Å²) in [4.78, 5) is 0.418. The van der Waals surface area contributed by atoms with Gasteiger partial charge in [0.2, 0.25) is 9.84 Å². The smallest absolute Gasteiger partial charge is 0.206 e. The van der Waals surface area contributed by atoms with E-state index in [0.717, 1.165) is 12.8 Å². The molecular weight excluding hydrogens is 577 g/mol. The van der Waals surface area contributed by atoms with Gasteiger partial charge >= 0.3 is 0 Å². The van der Waals surface area contributed by atoms with E-state index in [4.69, 9.17) is 9.47 Å². The zero-order chi connectivity index (χ0) is 31.2. The fourth-order valence-electron chi connectivity index (χ4n) is 5.20. The fraction of sp³-hybridized carbons (Fsp3) is 0.100. The number of sulfone groups is 1. The Hall–Kier alpha value is -5.13. The molecule has 0 spiro atoms. The molecule has 0 amide bonds. The SMILES string of the molecule is COc1ccc(S(=O)(=O)c2ccc(Oc3ccc(Cc4ccc(-c5ccc(Cc6ccc(C)cc6)cc5)cc4)cc3)cc2)cc1. The molecule has 6 aromatic rings. The Kier molecular flexibility index (Phi) is 8.81. The molecule has 0 aromatic heterocycles. The van der Waals surface area contributed by atoms with E-state index < -0.39 is 9.84 Å². The second-order valence-electron chi connectivity index (χ2n) is 11.1. The van der Waals surface area contributed by atoms with Crippen LogP contribution in [0.2, 0.25) is 0 Å². The molecule has 0 heterocycles. The topological polar surface area (TPSA) is 52.6 Å². The van der Waals surface area contributed by atoms with Gasteiger partial charge in [-0.1, -0.05) is 90.5 Å². The molecule has 0 radical (unpaired) electrons. The van der Waals surface area contributed by atoms with Crippen LogP contribution in [0.3, 0.4) is 0 Å². The molecule has 0 atom stereocenters. The summed E-state index contributed by atoms with van der Waals surface area (Å²) in [5, 5.41) is 0. The number of benzene rings is 6. The lowest BCUT2D eigenvalue weighted by Crippen LogP contribution is -2.01. The number of methoxy groups -OCH3 is 1. The summed E-state index contributed by atoms with van der Waals surface area (Å²) >= 11 is 0. The highest BCUT2D eigenvalue weighted by Gasteiger charge is 2.17. The summed E-state index contributed by atoms with van der Waals surface area (Å²) in [7, 11) is -2.09. The molecule has 6 rings (SSSR count). The highest BCUT2D eigenvalue weighted by molar-refractivity contribution is 7.91. The van der Waals surface area contributed by atoms with Crippen LogP contribution in [0.25, 0.3) is 11.1 Å². The van der Waals surface area contributed by atoms with E-state index in [1.54, 1.807) is 55.6 Å². The van der Waals surface area contributed by atoms with Gasteiger partial charge in [0.1, 0.15) is 17.2 Å². The lowest BCUT2D eigenvalue weighted by atomic mass is 9.98. The Morgan fingerprint density at radius 2 is 0.778 bits per heavy atom. The average molecular weight is 611 g/mol. The Morgan fingerprint density at radius 3 is 1.18 bits per heavy atom. The third-order valence-corrected chi connectivity index (χ3v) is 9.63. The largest absolute Gasteiger partial charge is 0.497 e. The van der Waals surface area contributed by atoms with Gasteiger partial charge in [-0.3, -0.25) is 0 Å². The molecular formula is C40H34O4S. The molecule has 45 heavy (non-hydrogen) atoms. The van der Waals surface area contributed by atoms with Gasteiger partial charge in [-0.05, 0) is 114 Å². The number of rotatable bonds is 10. The van der Waals surface area contributed by atoms with Crippen LogP contribution in [-0.2, 0) is 22.7 Å². The summed E-state index contributed by atoms with van der Waals surface area (Å²) in [6, 6.07) is 47.1. The van der Waals surface area contributed by atoms with Crippen molar-refractivity contribution in [3.8, 4) is 28.4 Å². The predicted molar refractivity (Wildman–Crippen MR) is 180 cm³/mol. The van der Waals surface area contributed by atoms with E-state index in [1.165, 1.54) is 38.9 Å². The highest BCUT2D eigenvalue weighted by Crippen LogP contribution is 2.28. The van der Waals surface area contributed by atoms with Gasteiger partial charge in [-0.15, -0.1) is 0 Å². The van der Waals surface area contributed by atoms with Crippen molar-refractivity contribution in [1.29, 1.82) is 0 Å². The summed E-state index contributed by atoms with van der Waals surface area (Å²) in [6.45, 7) is 2.11. The molecule has 0 unspecified atom stereocenters. The number of ether oxygens (including phenoxy) is 2. The van der Waals surface area contributed by atoms with Crippen molar-refractivity contribution in [1.82, 2.24) is 0 Å². The standard InChI is InChI=1S/C40H34O4S/c1-29-3-5-30(6-4-29)27-31-7-13-34(14-8-31)35-15-9-32(10-16-35)28-33-11-17-37(18-12-33)44-38-21-25-40(26-22-38)45(41,42)39-23-19-36(43-2)20-24-39/h3-26H,27-28H2,1-2H3. The molecule has 0 aliphatic heterocycles. The Morgan fingerprint density at radius 1 is 0.444 bits per heavy atom. The molecule has 224 valence electrons. The van der Waals surface area contributed by atoms with Gasteiger partial charge in [-0.25, -0.2) is 8.42 Å². The van der Waals surface area contributed by atoms with Crippen LogP contribution in [0.5, 0.6) is 17.2 Å². The minimum absolute atomic E-state index is 0.205. The fourth-order valence-corrected chi connectivity index (χ4v) is 6.46. The van der Waals surface area contributed by atoms with E-state index in [1.807, 2.05) is 12.1 Å². The van der Waals surface area contributed by atoms with Crippen molar-refractivity contribution in [2.45, 2.75) is 29.6 Å². The maximum Gasteiger partial charge on any atom is 0.206 e. The Labute approximate surface area is 265 Å². The van der Waals surface area contributed by atoms with Crippen LogP contribution in [-0.4, -0.2) is 15.5 Å². The molecule has 6 aromatic carbocycles. The van der Waals surface area contributed by atoms with Crippen molar-refractivity contribution in [3.05, 3.63) is 173 Å². The minimum atomic E-state index is -3.63. The second kappa shape index (κ2) is 13.2. The van der Waals surface area contributed by atoms with E-state index >= 15 is 0 Å². The predicted octanol–water partition coefficient (Wildman–Crippen LogP) is 9.48. The number of hydrogen-bond donors (Lipinski definition) is 0. The van der Waals surface area contributed by atoms with E-state index in [9.17, 15) is 8.42 Å². The number of aryl methyl sites for hydroxylation is 1. The van der Waals surface area contributed by atoms with Crippen LogP contribution < -0.4 is 9.47 Å². The monoisotopic (exact) mass is 610 g/mol. The van der Waals surface area contributed by atoms with Gasteiger partial charge in [0, 0.05) is 0 Å². The van der Waals surface area contributed by atoms with Crippen LogP contribution >= 0.6 is 0 Å². The van der Waals surface area contributed by atoms with Gasteiger partial charge in [0.05, 0.1) is 16.9 Å². The first-order valence-electron chi connectivity index (χ1n) is 14.9. The molecule has 0 saturated carbocycles. The van der Waals surface area contributed by atoms with Crippen LogP contribution in [0.15, 0.2) is 155 Å². The van der Waals surface area contributed by atoms with Crippen molar-refractivity contribution in [3.63, 3.8) is 0 Å². The maximum absolute atomic E-state index is 13.0.